The minimum atomic E-state index is -1.73. The van der Waals surface area contributed by atoms with Gasteiger partial charge in [0.25, 0.3) is 5.56 Å². The second kappa shape index (κ2) is 8.96. The van der Waals surface area contributed by atoms with E-state index in [2.05, 4.69) is 10.9 Å². The quantitative estimate of drug-likeness (QED) is 0.404. The van der Waals surface area contributed by atoms with Gasteiger partial charge in [0.1, 0.15) is 19.3 Å². The maximum atomic E-state index is 13.0. The predicted octanol–water partition coefficient (Wildman–Crippen LogP) is 1.07. The van der Waals surface area contributed by atoms with E-state index in [-0.39, 0.29) is 18.8 Å². The van der Waals surface area contributed by atoms with Gasteiger partial charge in [-0.3, -0.25) is 14.3 Å². The molecule has 3 heterocycles. The lowest BCUT2D eigenvalue weighted by Gasteiger charge is -2.51. The van der Waals surface area contributed by atoms with E-state index < -0.39 is 46.7 Å². The molecule has 1 unspecified atom stereocenters. The Morgan fingerprint density at radius 2 is 1.67 bits per heavy atom. The van der Waals surface area contributed by atoms with Gasteiger partial charge in [-0.05, 0) is 24.3 Å². The number of fused-ring (bicyclic) bond motifs is 1. The number of rotatable bonds is 6. The minimum absolute atomic E-state index is 0.175. The highest BCUT2D eigenvalue weighted by Gasteiger charge is 2.76. The molecule has 2 fully saturated rings. The van der Waals surface area contributed by atoms with Crippen molar-refractivity contribution >= 4 is 11.9 Å². The molecule has 2 aliphatic heterocycles. The number of H-pyrrole nitrogens is 1. The minimum Gasteiger partial charge on any atom is -0.459 e. The third kappa shape index (κ3) is 3.62. The molecule has 0 amide bonds. The molecule has 1 aromatic heterocycles. The zero-order valence-corrected chi connectivity index (χ0v) is 18.8. The van der Waals surface area contributed by atoms with Gasteiger partial charge in [-0.2, -0.15) is 0 Å². The Balaban J connectivity index is 1.51. The van der Waals surface area contributed by atoms with Crippen LogP contribution in [-0.4, -0.2) is 52.5 Å². The largest absolute Gasteiger partial charge is 0.459 e. The molecule has 2 aromatic carbocycles. The van der Waals surface area contributed by atoms with Crippen LogP contribution in [0.1, 0.15) is 20.7 Å². The number of aromatic amines is 1. The van der Waals surface area contributed by atoms with Gasteiger partial charge < -0.3 is 18.9 Å². The van der Waals surface area contributed by atoms with Gasteiger partial charge in [0.15, 0.2) is 6.10 Å². The van der Waals surface area contributed by atoms with Crippen molar-refractivity contribution in [2.45, 2.75) is 23.5 Å². The van der Waals surface area contributed by atoms with Crippen LogP contribution < -0.4 is 11.2 Å². The van der Waals surface area contributed by atoms with Crippen LogP contribution in [0.4, 0.5) is 0 Å². The van der Waals surface area contributed by atoms with E-state index in [9.17, 15) is 19.2 Å². The Labute approximate surface area is 204 Å². The van der Waals surface area contributed by atoms with E-state index in [4.69, 9.17) is 25.4 Å². The normalized spacial score (nSPS) is 26.2. The number of carbonyl (C=O) groups is 2. The second-order valence-electron chi connectivity index (χ2n) is 8.25. The Morgan fingerprint density at radius 3 is 2.22 bits per heavy atom. The standard InChI is InChI=1S/C26H20N2O8/c1-2-25-21(35-23(31)18-11-7-4-8-12-18)19(15-33-22(30)17-9-5-3-6-10-17)36-26(25,16-34-25)28-14-13-20(29)27-24(28)32/h1,3-14,19,21H,15-16H2,(H,27,29,32)/t19-,21?,25+,26-/m1/s1. The van der Waals surface area contributed by atoms with Gasteiger partial charge in [0.05, 0.1) is 11.1 Å². The monoisotopic (exact) mass is 488 g/mol. The molecule has 182 valence electrons. The highest BCUT2D eigenvalue weighted by Crippen LogP contribution is 2.54. The number of hydrogen-bond acceptors (Lipinski definition) is 8. The van der Waals surface area contributed by atoms with Crippen LogP contribution in [0.5, 0.6) is 0 Å². The van der Waals surface area contributed by atoms with Gasteiger partial charge in [-0.1, -0.05) is 42.3 Å². The molecule has 0 saturated carbocycles. The Hall–Kier alpha value is -4.46. The van der Waals surface area contributed by atoms with E-state index in [1.807, 2.05) is 0 Å². The Bertz CT molecular complexity index is 1460. The first-order chi connectivity index (χ1) is 17.4. The summed E-state index contributed by atoms with van der Waals surface area (Å²) >= 11 is 0. The summed E-state index contributed by atoms with van der Waals surface area (Å²) in [6, 6.07) is 17.6. The molecular weight excluding hydrogens is 468 g/mol. The molecule has 10 nitrogen and oxygen atoms in total. The summed E-state index contributed by atoms with van der Waals surface area (Å²) in [5.41, 5.74) is -4.19. The van der Waals surface area contributed by atoms with Gasteiger partial charge in [0.2, 0.25) is 11.3 Å². The van der Waals surface area contributed by atoms with Crippen molar-refractivity contribution in [3.8, 4) is 12.3 Å². The van der Waals surface area contributed by atoms with Gasteiger partial charge in [0, 0.05) is 12.3 Å². The fourth-order valence-corrected chi connectivity index (χ4v) is 4.45. The van der Waals surface area contributed by atoms with Crippen molar-refractivity contribution in [3.63, 3.8) is 0 Å². The molecule has 4 atom stereocenters. The first-order valence-corrected chi connectivity index (χ1v) is 11.0. The lowest BCUT2D eigenvalue weighted by molar-refractivity contribution is -0.312. The van der Waals surface area contributed by atoms with E-state index in [0.717, 1.165) is 10.6 Å². The van der Waals surface area contributed by atoms with Gasteiger partial charge >= 0.3 is 17.6 Å². The van der Waals surface area contributed by atoms with Crippen molar-refractivity contribution < 1.29 is 28.5 Å². The molecule has 0 spiro atoms. The van der Waals surface area contributed by atoms with Gasteiger partial charge in [-0.25, -0.2) is 14.4 Å². The molecule has 3 aromatic rings. The summed E-state index contributed by atoms with van der Waals surface area (Å²) < 4.78 is 24.3. The van der Waals surface area contributed by atoms with Crippen LogP contribution in [0.15, 0.2) is 82.5 Å². The third-order valence-corrected chi connectivity index (χ3v) is 6.22. The summed E-state index contributed by atoms with van der Waals surface area (Å²) in [7, 11) is 0. The van der Waals surface area contributed by atoms with Crippen molar-refractivity contribution in [3.05, 3.63) is 105 Å². The summed E-state index contributed by atoms with van der Waals surface area (Å²) in [5.74, 6) is 1.16. The van der Waals surface area contributed by atoms with Crippen molar-refractivity contribution in [1.82, 2.24) is 9.55 Å². The van der Waals surface area contributed by atoms with Crippen LogP contribution in [0, 0.1) is 12.3 Å². The number of terminal acetylenes is 1. The average Bonchev–Trinajstić information content (AvgIpc) is 3.06. The summed E-state index contributed by atoms with van der Waals surface area (Å²) in [5, 5.41) is 0. The molecule has 10 heteroatoms. The van der Waals surface area contributed by atoms with Gasteiger partial charge in [-0.15, -0.1) is 6.42 Å². The molecule has 1 N–H and O–H groups in total. The molecule has 5 rings (SSSR count). The first kappa shape index (κ1) is 23.3. The van der Waals surface area contributed by atoms with Crippen LogP contribution in [0.3, 0.4) is 0 Å². The topological polar surface area (TPSA) is 126 Å². The number of nitrogens with one attached hydrogen (secondary N) is 1. The maximum absolute atomic E-state index is 13.0. The fraction of sp³-hybridized carbons (Fsp3) is 0.231. The summed E-state index contributed by atoms with van der Waals surface area (Å²) in [4.78, 5) is 52.0. The number of ether oxygens (including phenoxy) is 4. The van der Waals surface area contributed by atoms with Crippen LogP contribution in [-0.2, 0) is 24.7 Å². The van der Waals surface area contributed by atoms with E-state index in [1.54, 1.807) is 60.7 Å². The summed E-state index contributed by atoms with van der Waals surface area (Å²) in [6.45, 7) is -0.529. The molecular formula is C26H20N2O8. The van der Waals surface area contributed by atoms with Crippen molar-refractivity contribution in [1.29, 1.82) is 0 Å². The number of benzene rings is 2. The zero-order valence-electron chi connectivity index (χ0n) is 18.8. The number of aromatic nitrogens is 2. The SMILES string of the molecule is C#C[C@@]12OC[C@@]1(n1ccc(=O)[nH]c1=O)O[C@H](COC(=O)c1ccccc1)C2OC(=O)c1ccccc1. The molecule has 2 saturated heterocycles. The van der Waals surface area contributed by atoms with E-state index in [1.165, 1.54) is 6.20 Å². The second-order valence-corrected chi connectivity index (χ2v) is 8.25. The number of carbonyl (C=O) groups excluding carboxylic acids is 2. The van der Waals surface area contributed by atoms with E-state index >= 15 is 0 Å². The van der Waals surface area contributed by atoms with Crippen molar-refractivity contribution in [2.75, 3.05) is 13.2 Å². The van der Waals surface area contributed by atoms with Crippen LogP contribution in [0.2, 0.25) is 0 Å². The van der Waals surface area contributed by atoms with E-state index in [0.29, 0.717) is 5.56 Å². The molecule has 36 heavy (non-hydrogen) atoms. The molecule has 2 aliphatic rings. The average molecular weight is 488 g/mol. The summed E-state index contributed by atoms with van der Waals surface area (Å²) in [6.07, 6.45) is 4.76. The van der Waals surface area contributed by atoms with Crippen molar-refractivity contribution in [2.24, 2.45) is 0 Å². The lowest BCUT2D eigenvalue weighted by atomic mass is 9.81. The number of esters is 2. The maximum Gasteiger partial charge on any atom is 0.338 e. The number of hydrogen-bond donors (Lipinski definition) is 1. The van der Waals surface area contributed by atoms with Crippen LogP contribution >= 0.6 is 0 Å². The first-order valence-electron chi connectivity index (χ1n) is 11.0. The molecule has 0 radical (unpaired) electrons. The fourth-order valence-electron chi connectivity index (χ4n) is 4.45. The lowest BCUT2D eigenvalue weighted by Crippen LogP contribution is -2.72. The Morgan fingerprint density at radius 1 is 1.03 bits per heavy atom. The Kier molecular flexibility index (Phi) is 5.80. The predicted molar refractivity (Wildman–Crippen MR) is 124 cm³/mol. The molecule has 0 aliphatic carbocycles. The zero-order chi connectivity index (χ0) is 25.3. The third-order valence-electron chi connectivity index (χ3n) is 6.22. The van der Waals surface area contributed by atoms with Crippen LogP contribution in [0.25, 0.3) is 0 Å². The highest BCUT2D eigenvalue weighted by atomic mass is 16.7. The molecule has 0 bridgehead atoms. The number of nitrogens with zero attached hydrogens (tertiary/aromatic N) is 1. The smallest absolute Gasteiger partial charge is 0.338 e. The highest BCUT2D eigenvalue weighted by molar-refractivity contribution is 5.90.